The van der Waals surface area contributed by atoms with E-state index in [0.717, 1.165) is 5.56 Å². The number of carbonyl (C=O) groups excluding carboxylic acids is 1. The van der Waals surface area contributed by atoms with Crippen LogP contribution in [-0.2, 0) is 21.4 Å². The van der Waals surface area contributed by atoms with Gasteiger partial charge in [-0.1, -0.05) is 48.5 Å². The average molecular weight is 330 g/mol. The summed E-state index contributed by atoms with van der Waals surface area (Å²) in [5, 5.41) is 0. The first kappa shape index (κ1) is 15.7. The SMILES string of the molecule is O=C1C[C@@H](NS(=O)(=O)c2ccccc2)CN1Cc1ccccc1. The lowest BCUT2D eigenvalue weighted by Crippen LogP contribution is -2.36. The van der Waals surface area contributed by atoms with Crippen LogP contribution in [-0.4, -0.2) is 31.8 Å². The summed E-state index contributed by atoms with van der Waals surface area (Å²) in [4.78, 5) is 14.0. The van der Waals surface area contributed by atoms with Crippen LogP contribution in [0, 0.1) is 0 Å². The van der Waals surface area contributed by atoms with E-state index < -0.39 is 16.1 Å². The van der Waals surface area contributed by atoms with Crippen LogP contribution in [0.25, 0.3) is 0 Å². The molecular formula is C17H18N2O3S. The molecule has 0 aromatic heterocycles. The van der Waals surface area contributed by atoms with E-state index in [0.29, 0.717) is 13.1 Å². The van der Waals surface area contributed by atoms with Crippen molar-refractivity contribution in [1.29, 1.82) is 0 Å². The molecule has 2 aromatic rings. The highest BCUT2D eigenvalue weighted by Crippen LogP contribution is 2.17. The summed E-state index contributed by atoms with van der Waals surface area (Å²) < 4.78 is 27.3. The Bertz CT molecular complexity index is 776. The van der Waals surface area contributed by atoms with Crippen molar-refractivity contribution in [2.45, 2.75) is 23.9 Å². The van der Waals surface area contributed by atoms with Gasteiger partial charge in [-0.05, 0) is 17.7 Å². The maximum absolute atomic E-state index is 12.3. The molecule has 5 nitrogen and oxygen atoms in total. The topological polar surface area (TPSA) is 66.5 Å². The highest BCUT2D eigenvalue weighted by molar-refractivity contribution is 7.89. The van der Waals surface area contributed by atoms with Crippen LogP contribution in [0.15, 0.2) is 65.6 Å². The van der Waals surface area contributed by atoms with Crippen LogP contribution >= 0.6 is 0 Å². The predicted octanol–water partition coefficient (Wildman–Crippen LogP) is 1.77. The van der Waals surface area contributed by atoms with Crippen molar-refractivity contribution >= 4 is 15.9 Å². The quantitative estimate of drug-likeness (QED) is 0.908. The van der Waals surface area contributed by atoms with E-state index in [1.807, 2.05) is 30.3 Å². The lowest BCUT2D eigenvalue weighted by Gasteiger charge is -2.17. The van der Waals surface area contributed by atoms with Crippen molar-refractivity contribution < 1.29 is 13.2 Å². The molecule has 1 amide bonds. The summed E-state index contributed by atoms with van der Waals surface area (Å²) in [5.74, 6) is -0.0328. The zero-order valence-electron chi connectivity index (χ0n) is 12.6. The van der Waals surface area contributed by atoms with E-state index in [1.54, 1.807) is 35.2 Å². The Kier molecular flexibility index (Phi) is 4.45. The number of amides is 1. The zero-order chi connectivity index (χ0) is 16.3. The molecule has 23 heavy (non-hydrogen) atoms. The minimum atomic E-state index is -3.59. The Morgan fingerprint density at radius 1 is 1.00 bits per heavy atom. The van der Waals surface area contributed by atoms with Crippen molar-refractivity contribution in [2.75, 3.05) is 6.54 Å². The molecule has 1 saturated heterocycles. The van der Waals surface area contributed by atoms with Gasteiger partial charge in [0.25, 0.3) is 0 Å². The summed E-state index contributed by atoms with van der Waals surface area (Å²) >= 11 is 0. The maximum atomic E-state index is 12.3. The fourth-order valence-electron chi connectivity index (χ4n) is 2.69. The van der Waals surface area contributed by atoms with E-state index in [1.165, 1.54) is 0 Å². The number of hydrogen-bond donors (Lipinski definition) is 1. The molecule has 1 aliphatic rings. The summed E-state index contributed by atoms with van der Waals surface area (Å²) in [6, 6.07) is 17.5. The number of sulfonamides is 1. The van der Waals surface area contributed by atoms with Gasteiger partial charge in [0.2, 0.25) is 15.9 Å². The highest BCUT2D eigenvalue weighted by Gasteiger charge is 2.32. The second-order valence-electron chi connectivity index (χ2n) is 5.60. The zero-order valence-corrected chi connectivity index (χ0v) is 13.4. The van der Waals surface area contributed by atoms with E-state index in [-0.39, 0.29) is 17.2 Å². The maximum Gasteiger partial charge on any atom is 0.240 e. The molecule has 1 heterocycles. The van der Waals surface area contributed by atoms with Gasteiger partial charge in [0.1, 0.15) is 0 Å². The molecule has 0 aliphatic carbocycles. The van der Waals surface area contributed by atoms with Crippen molar-refractivity contribution in [2.24, 2.45) is 0 Å². The second kappa shape index (κ2) is 6.52. The molecule has 2 aromatic carbocycles. The molecule has 0 unspecified atom stereocenters. The van der Waals surface area contributed by atoms with Crippen LogP contribution in [0.2, 0.25) is 0 Å². The lowest BCUT2D eigenvalue weighted by molar-refractivity contribution is -0.128. The molecule has 0 saturated carbocycles. The van der Waals surface area contributed by atoms with Crippen LogP contribution in [0.1, 0.15) is 12.0 Å². The van der Waals surface area contributed by atoms with E-state index >= 15 is 0 Å². The number of rotatable bonds is 5. The first-order valence-electron chi connectivity index (χ1n) is 7.44. The molecule has 0 spiro atoms. The average Bonchev–Trinajstić information content (AvgIpc) is 2.88. The summed E-state index contributed by atoms with van der Waals surface area (Å²) in [6.07, 6.45) is 0.193. The van der Waals surface area contributed by atoms with Gasteiger partial charge in [0.15, 0.2) is 0 Å². The van der Waals surface area contributed by atoms with Crippen molar-refractivity contribution in [3.05, 3.63) is 66.2 Å². The van der Waals surface area contributed by atoms with Gasteiger partial charge < -0.3 is 4.90 Å². The minimum absolute atomic E-state index is 0.0328. The molecule has 6 heteroatoms. The number of hydrogen-bond acceptors (Lipinski definition) is 3. The van der Waals surface area contributed by atoms with Gasteiger partial charge in [0.05, 0.1) is 4.90 Å². The molecule has 0 bridgehead atoms. The van der Waals surface area contributed by atoms with Gasteiger partial charge in [-0.25, -0.2) is 13.1 Å². The molecular weight excluding hydrogens is 312 g/mol. The van der Waals surface area contributed by atoms with E-state index in [4.69, 9.17) is 0 Å². The fraction of sp³-hybridized carbons (Fsp3) is 0.235. The summed E-state index contributed by atoms with van der Waals surface area (Å²) in [5.41, 5.74) is 1.03. The van der Waals surface area contributed by atoms with Crippen molar-refractivity contribution in [1.82, 2.24) is 9.62 Å². The Morgan fingerprint density at radius 3 is 2.26 bits per heavy atom. The Balaban J connectivity index is 1.66. The van der Waals surface area contributed by atoms with Gasteiger partial charge in [-0.15, -0.1) is 0 Å². The number of carbonyl (C=O) groups is 1. The molecule has 1 aliphatic heterocycles. The van der Waals surface area contributed by atoms with Crippen molar-refractivity contribution in [3.8, 4) is 0 Å². The third kappa shape index (κ3) is 3.78. The number of nitrogens with one attached hydrogen (secondary N) is 1. The largest absolute Gasteiger partial charge is 0.337 e. The Labute approximate surface area is 136 Å². The molecule has 1 N–H and O–H groups in total. The third-order valence-electron chi connectivity index (χ3n) is 3.81. The first-order valence-corrected chi connectivity index (χ1v) is 8.92. The van der Waals surface area contributed by atoms with Gasteiger partial charge in [0, 0.05) is 25.6 Å². The standard InChI is InChI=1S/C17H18N2O3S/c20-17-11-15(13-19(17)12-14-7-3-1-4-8-14)18-23(21,22)16-9-5-2-6-10-16/h1-10,15,18H,11-13H2/t15-/m1/s1. The van der Waals surface area contributed by atoms with E-state index in [9.17, 15) is 13.2 Å². The van der Waals surface area contributed by atoms with Crippen LogP contribution < -0.4 is 4.72 Å². The van der Waals surface area contributed by atoms with Crippen molar-refractivity contribution in [3.63, 3.8) is 0 Å². The molecule has 3 rings (SSSR count). The predicted molar refractivity (Wildman–Crippen MR) is 87.0 cm³/mol. The smallest absolute Gasteiger partial charge is 0.240 e. The molecule has 120 valence electrons. The normalized spacial score (nSPS) is 18.3. The van der Waals surface area contributed by atoms with Crippen LogP contribution in [0.3, 0.4) is 0 Å². The fourth-order valence-corrected chi connectivity index (χ4v) is 3.94. The monoisotopic (exact) mass is 330 g/mol. The van der Waals surface area contributed by atoms with Gasteiger partial charge >= 0.3 is 0 Å². The van der Waals surface area contributed by atoms with Crippen LogP contribution in [0.4, 0.5) is 0 Å². The highest BCUT2D eigenvalue weighted by atomic mass is 32.2. The van der Waals surface area contributed by atoms with Gasteiger partial charge in [-0.2, -0.15) is 0 Å². The second-order valence-corrected chi connectivity index (χ2v) is 7.31. The molecule has 0 radical (unpaired) electrons. The summed E-state index contributed by atoms with van der Waals surface area (Å²) in [6.45, 7) is 0.892. The number of likely N-dealkylation sites (tertiary alicyclic amines) is 1. The summed E-state index contributed by atoms with van der Waals surface area (Å²) in [7, 11) is -3.59. The molecule has 1 fully saturated rings. The third-order valence-corrected chi connectivity index (χ3v) is 5.34. The van der Waals surface area contributed by atoms with E-state index in [2.05, 4.69) is 4.72 Å². The number of nitrogens with zero attached hydrogens (tertiary/aromatic N) is 1. The van der Waals surface area contributed by atoms with Crippen LogP contribution in [0.5, 0.6) is 0 Å². The Morgan fingerprint density at radius 2 is 1.61 bits per heavy atom. The van der Waals surface area contributed by atoms with Gasteiger partial charge in [-0.3, -0.25) is 4.79 Å². The molecule has 1 atom stereocenters. The number of benzene rings is 2. The first-order chi connectivity index (χ1) is 11.0. The lowest BCUT2D eigenvalue weighted by atomic mass is 10.2. The minimum Gasteiger partial charge on any atom is -0.337 e. The Hall–Kier alpha value is -2.18.